The van der Waals surface area contributed by atoms with Crippen LogP contribution < -0.4 is 0 Å². The Morgan fingerprint density at radius 1 is 1.28 bits per heavy atom. The van der Waals surface area contributed by atoms with Gasteiger partial charge in [0.1, 0.15) is 5.25 Å². The highest BCUT2D eigenvalue weighted by molar-refractivity contribution is 8.00. The molecule has 98 valence electrons. The molecular weight excluding hydrogens is 252 g/mol. The predicted molar refractivity (Wildman–Crippen MR) is 69.9 cm³/mol. The van der Waals surface area contributed by atoms with Crippen LogP contribution in [0.4, 0.5) is 0 Å². The predicted octanol–water partition coefficient (Wildman–Crippen LogP) is 2.82. The van der Waals surface area contributed by atoms with Crippen LogP contribution in [0.5, 0.6) is 0 Å². The van der Waals surface area contributed by atoms with E-state index in [1.807, 2.05) is 0 Å². The number of aromatic carboxylic acids is 1. The van der Waals surface area contributed by atoms with Crippen LogP contribution >= 0.6 is 11.8 Å². The molecule has 18 heavy (non-hydrogen) atoms. The average molecular weight is 268 g/mol. The summed E-state index contributed by atoms with van der Waals surface area (Å²) in [6.07, 6.45) is -0.147. The zero-order valence-corrected chi connectivity index (χ0v) is 11.4. The van der Waals surface area contributed by atoms with E-state index in [1.54, 1.807) is 39.0 Å². The van der Waals surface area contributed by atoms with Crippen molar-refractivity contribution in [3.05, 3.63) is 29.8 Å². The number of carboxylic acids is 1. The van der Waals surface area contributed by atoms with Crippen molar-refractivity contribution in [1.82, 2.24) is 0 Å². The van der Waals surface area contributed by atoms with Crippen molar-refractivity contribution in [2.24, 2.45) is 0 Å². The van der Waals surface area contributed by atoms with Crippen molar-refractivity contribution in [2.75, 3.05) is 0 Å². The fraction of sp³-hybridized carbons (Fsp3) is 0.385. The third-order valence-corrected chi connectivity index (χ3v) is 3.15. The first-order chi connectivity index (χ1) is 8.40. The van der Waals surface area contributed by atoms with E-state index in [2.05, 4.69) is 0 Å². The Labute approximate surface area is 110 Å². The number of carboxylic acid groups (broad SMARTS) is 1. The summed E-state index contributed by atoms with van der Waals surface area (Å²) in [5.74, 6) is -1.27. The molecule has 1 rings (SSSR count). The average Bonchev–Trinajstić information content (AvgIpc) is 2.28. The maximum Gasteiger partial charge on any atom is 0.335 e. The van der Waals surface area contributed by atoms with E-state index in [4.69, 9.17) is 9.84 Å². The first-order valence-corrected chi connectivity index (χ1v) is 6.48. The minimum atomic E-state index is -0.977. The number of esters is 1. The monoisotopic (exact) mass is 268 g/mol. The number of hydrogen-bond donors (Lipinski definition) is 1. The van der Waals surface area contributed by atoms with Gasteiger partial charge >= 0.3 is 11.9 Å². The molecule has 1 aromatic carbocycles. The van der Waals surface area contributed by atoms with Gasteiger partial charge in [-0.3, -0.25) is 4.79 Å². The van der Waals surface area contributed by atoms with Crippen LogP contribution in [0.1, 0.15) is 31.1 Å². The zero-order chi connectivity index (χ0) is 13.7. The van der Waals surface area contributed by atoms with Gasteiger partial charge < -0.3 is 9.84 Å². The molecule has 0 amide bonds. The van der Waals surface area contributed by atoms with Crippen LogP contribution in [0.2, 0.25) is 0 Å². The molecule has 1 unspecified atom stereocenters. The molecule has 0 aromatic heterocycles. The fourth-order valence-corrected chi connectivity index (χ4v) is 2.19. The van der Waals surface area contributed by atoms with Crippen molar-refractivity contribution < 1.29 is 19.4 Å². The number of hydrogen-bond acceptors (Lipinski definition) is 4. The highest BCUT2D eigenvalue weighted by atomic mass is 32.2. The molecule has 0 heterocycles. The third-order valence-electron chi connectivity index (χ3n) is 2.08. The van der Waals surface area contributed by atoms with Gasteiger partial charge in [0.05, 0.1) is 11.7 Å². The van der Waals surface area contributed by atoms with Gasteiger partial charge in [-0.15, -0.1) is 11.8 Å². The summed E-state index contributed by atoms with van der Waals surface area (Å²) in [6.45, 7) is 5.32. The number of ether oxygens (including phenoxy) is 1. The number of carbonyl (C=O) groups is 2. The number of benzene rings is 1. The molecule has 0 aliphatic carbocycles. The number of rotatable bonds is 5. The summed E-state index contributed by atoms with van der Waals surface area (Å²) >= 11 is 1.29. The van der Waals surface area contributed by atoms with Gasteiger partial charge in [-0.25, -0.2) is 4.79 Å². The lowest BCUT2D eigenvalue weighted by atomic mass is 10.2. The summed E-state index contributed by atoms with van der Waals surface area (Å²) in [5.41, 5.74) is 0.212. The Morgan fingerprint density at radius 3 is 2.50 bits per heavy atom. The van der Waals surface area contributed by atoms with Gasteiger partial charge in [0.2, 0.25) is 0 Å². The van der Waals surface area contributed by atoms with Crippen molar-refractivity contribution in [3.8, 4) is 0 Å². The molecule has 1 atom stereocenters. The lowest BCUT2D eigenvalue weighted by Gasteiger charge is -2.13. The summed E-state index contributed by atoms with van der Waals surface area (Å²) in [6, 6.07) is 6.50. The first-order valence-electron chi connectivity index (χ1n) is 5.60. The van der Waals surface area contributed by atoms with Gasteiger partial charge in [0.25, 0.3) is 0 Å². The molecule has 0 aliphatic heterocycles. The molecular formula is C13H16O4S. The van der Waals surface area contributed by atoms with Crippen LogP contribution in [-0.2, 0) is 9.53 Å². The van der Waals surface area contributed by atoms with E-state index >= 15 is 0 Å². The molecule has 0 spiro atoms. The Bertz CT molecular complexity index is 442. The number of thioether (sulfide) groups is 1. The van der Waals surface area contributed by atoms with Crippen LogP contribution in [0.15, 0.2) is 29.2 Å². The van der Waals surface area contributed by atoms with Gasteiger partial charge in [-0.2, -0.15) is 0 Å². The Morgan fingerprint density at radius 2 is 1.94 bits per heavy atom. The van der Waals surface area contributed by atoms with Gasteiger partial charge in [-0.1, -0.05) is 6.07 Å². The smallest absolute Gasteiger partial charge is 0.335 e. The zero-order valence-electron chi connectivity index (χ0n) is 10.5. The Kier molecular flexibility index (Phi) is 5.22. The van der Waals surface area contributed by atoms with Crippen molar-refractivity contribution in [3.63, 3.8) is 0 Å². The second kappa shape index (κ2) is 6.44. The van der Waals surface area contributed by atoms with Crippen molar-refractivity contribution in [1.29, 1.82) is 0 Å². The molecule has 0 aliphatic rings. The Balaban J connectivity index is 2.69. The minimum Gasteiger partial charge on any atom is -0.478 e. The lowest BCUT2D eigenvalue weighted by Crippen LogP contribution is -2.20. The van der Waals surface area contributed by atoms with E-state index in [-0.39, 0.29) is 22.9 Å². The summed E-state index contributed by atoms with van der Waals surface area (Å²) in [5, 5.41) is 8.51. The molecule has 4 nitrogen and oxygen atoms in total. The first kappa shape index (κ1) is 14.6. The van der Waals surface area contributed by atoms with Crippen LogP contribution in [0, 0.1) is 0 Å². The standard InChI is InChI=1S/C13H16O4S/c1-8(2)17-13(16)9(3)18-11-6-4-5-10(7-11)12(14)15/h4-9H,1-3H3,(H,14,15). The van der Waals surface area contributed by atoms with Crippen molar-refractivity contribution >= 4 is 23.7 Å². The van der Waals surface area contributed by atoms with E-state index in [0.717, 1.165) is 4.90 Å². The summed E-state index contributed by atoms with van der Waals surface area (Å²) < 4.78 is 5.09. The minimum absolute atomic E-state index is 0.147. The molecule has 0 bridgehead atoms. The molecule has 0 radical (unpaired) electrons. The highest BCUT2D eigenvalue weighted by Crippen LogP contribution is 2.25. The number of carbonyl (C=O) groups excluding carboxylic acids is 1. The highest BCUT2D eigenvalue weighted by Gasteiger charge is 2.17. The van der Waals surface area contributed by atoms with E-state index < -0.39 is 5.97 Å². The maximum atomic E-state index is 11.6. The topological polar surface area (TPSA) is 63.6 Å². The van der Waals surface area contributed by atoms with Gasteiger partial charge in [0, 0.05) is 4.90 Å². The molecule has 0 saturated carbocycles. The summed E-state index contributed by atoms with van der Waals surface area (Å²) in [4.78, 5) is 23.2. The second-order valence-electron chi connectivity index (χ2n) is 4.08. The van der Waals surface area contributed by atoms with Crippen LogP contribution in [-0.4, -0.2) is 28.4 Å². The van der Waals surface area contributed by atoms with E-state index in [1.165, 1.54) is 17.8 Å². The molecule has 5 heteroatoms. The molecule has 0 fully saturated rings. The molecule has 1 aromatic rings. The van der Waals surface area contributed by atoms with Gasteiger partial charge in [0.15, 0.2) is 0 Å². The normalized spacial score (nSPS) is 12.2. The van der Waals surface area contributed by atoms with Crippen molar-refractivity contribution in [2.45, 2.75) is 37.0 Å². The quantitative estimate of drug-likeness (QED) is 0.657. The summed E-state index contributed by atoms with van der Waals surface area (Å²) in [7, 11) is 0. The third kappa shape index (κ3) is 4.41. The van der Waals surface area contributed by atoms with E-state index in [0.29, 0.717) is 0 Å². The SMILES string of the molecule is CC(C)OC(=O)C(C)Sc1cccc(C(=O)O)c1. The van der Waals surface area contributed by atoms with Crippen LogP contribution in [0.25, 0.3) is 0 Å². The van der Waals surface area contributed by atoms with E-state index in [9.17, 15) is 9.59 Å². The fourth-order valence-electron chi connectivity index (χ4n) is 1.28. The lowest BCUT2D eigenvalue weighted by molar-refractivity contribution is -0.146. The van der Waals surface area contributed by atoms with Gasteiger partial charge in [-0.05, 0) is 39.0 Å². The second-order valence-corrected chi connectivity index (χ2v) is 5.49. The largest absolute Gasteiger partial charge is 0.478 e. The maximum absolute atomic E-state index is 11.6. The molecule has 0 saturated heterocycles. The van der Waals surface area contributed by atoms with Crippen LogP contribution in [0.3, 0.4) is 0 Å². The molecule has 1 N–H and O–H groups in total. The Hall–Kier alpha value is -1.49.